The number of aromatic nitrogens is 3. The summed E-state index contributed by atoms with van der Waals surface area (Å²) in [6.45, 7) is 6.69. The number of carbonyl (C=O) groups excluding carboxylic acids is 3. The first-order chi connectivity index (χ1) is 18.1. The van der Waals surface area contributed by atoms with Gasteiger partial charge >= 0.3 is 0 Å². The molecule has 0 aliphatic carbocycles. The van der Waals surface area contributed by atoms with Crippen molar-refractivity contribution in [1.29, 1.82) is 0 Å². The van der Waals surface area contributed by atoms with Crippen LogP contribution in [-0.2, 0) is 4.79 Å². The average molecular weight is 533 g/mol. The van der Waals surface area contributed by atoms with Gasteiger partial charge in [0.25, 0.3) is 11.8 Å². The molecule has 2 bridgehead atoms. The third-order valence-electron chi connectivity index (χ3n) is 7.59. The summed E-state index contributed by atoms with van der Waals surface area (Å²) in [5.41, 5.74) is 2.21. The van der Waals surface area contributed by atoms with Crippen LogP contribution in [0.1, 0.15) is 48.3 Å². The number of hydrogen-bond donors (Lipinski definition) is 3. The first-order valence-electron chi connectivity index (χ1n) is 12.7. The van der Waals surface area contributed by atoms with Crippen LogP contribution in [0.25, 0.3) is 21.9 Å². The van der Waals surface area contributed by atoms with Crippen LogP contribution in [0.4, 0.5) is 0 Å². The van der Waals surface area contributed by atoms with Gasteiger partial charge in [0, 0.05) is 29.0 Å². The Labute approximate surface area is 224 Å². The molecule has 2 aromatic heterocycles. The number of fused-ring (bicyclic) bond motifs is 4. The molecular formula is C28H29ClN6O3. The molecule has 10 heteroatoms. The van der Waals surface area contributed by atoms with Gasteiger partial charge in [-0.25, -0.2) is 4.98 Å². The summed E-state index contributed by atoms with van der Waals surface area (Å²) >= 11 is 6.09. The van der Waals surface area contributed by atoms with Gasteiger partial charge in [-0.1, -0.05) is 44.5 Å². The van der Waals surface area contributed by atoms with E-state index in [1.54, 1.807) is 18.2 Å². The SMILES string of the molecule is CC(C)(C)[C@H](NC(=O)c1cc2cc(Cl)ccc2[nH]1)C(=O)N1C[C@@H]2C[C@H]1CN2C(=O)c1nc2ccccc2[nH]1. The summed E-state index contributed by atoms with van der Waals surface area (Å²) in [7, 11) is 0. The quantitative estimate of drug-likeness (QED) is 0.369. The van der Waals surface area contributed by atoms with E-state index in [0.29, 0.717) is 36.1 Å². The molecule has 38 heavy (non-hydrogen) atoms. The summed E-state index contributed by atoms with van der Waals surface area (Å²) in [5.74, 6) is -0.318. The van der Waals surface area contributed by atoms with E-state index in [1.165, 1.54) is 0 Å². The zero-order chi connectivity index (χ0) is 26.8. The van der Waals surface area contributed by atoms with Crippen molar-refractivity contribution in [3.63, 3.8) is 0 Å². The second kappa shape index (κ2) is 8.87. The Morgan fingerprint density at radius 2 is 1.74 bits per heavy atom. The lowest BCUT2D eigenvalue weighted by Crippen LogP contribution is -2.59. The lowest BCUT2D eigenvalue weighted by atomic mass is 9.85. The summed E-state index contributed by atoms with van der Waals surface area (Å²) in [6.07, 6.45) is 0.714. The summed E-state index contributed by atoms with van der Waals surface area (Å²) in [4.78, 5) is 54.5. The first-order valence-corrected chi connectivity index (χ1v) is 13.1. The fourth-order valence-electron chi connectivity index (χ4n) is 5.62. The van der Waals surface area contributed by atoms with Gasteiger partial charge in [-0.15, -0.1) is 0 Å². The van der Waals surface area contributed by atoms with Crippen molar-refractivity contribution >= 4 is 51.3 Å². The van der Waals surface area contributed by atoms with Crippen LogP contribution in [0.15, 0.2) is 48.5 Å². The molecule has 6 rings (SSSR count). The topological polar surface area (TPSA) is 114 Å². The van der Waals surface area contributed by atoms with Crippen LogP contribution in [-0.4, -0.2) is 73.7 Å². The number of halogens is 1. The molecule has 0 radical (unpaired) electrons. The number of rotatable bonds is 4. The van der Waals surface area contributed by atoms with Crippen molar-refractivity contribution in [2.45, 2.75) is 45.3 Å². The van der Waals surface area contributed by atoms with Crippen LogP contribution in [0.5, 0.6) is 0 Å². The highest BCUT2D eigenvalue weighted by atomic mass is 35.5. The van der Waals surface area contributed by atoms with E-state index in [4.69, 9.17) is 11.6 Å². The molecule has 196 valence electrons. The van der Waals surface area contributed by atoms with Crippen LogP contribution >= 0.6 is 11.6 Å². The minimum Gasteiger partial charge on any atom is -0.351 e. The minimum atomic E-state index is -0.733. The summed E-state index contributed by atoms with van der Waals surface area (Å²) in [5, 5.41) is 4.38. The Balaban J connectivity index is 1.17. The van der Waals surface area contributed by atoms with E-state index < -0.39 is 11.5 Å². The van der Waals surface area contributed by atoms with Gasteiger partial charge in [0.05, 0.1) is 23.1 Å². The minimum absolute atomic E-state index is 0.0839. The van der Waals surface area contributed by atoms with Gasteiger partial charge in [-0.2, -0.15) is 0 Å². The highest BCUT2D eigenvalue weighted by molar-refractivity contribution is 6.31. The first kappa shape index (κ1) is 24.5. The Bertz CT molecular complexity index is 1550. The molecule has 4 heterocycles. The number of nitrogens with one attached hydrogen (secondary N) is 3. The zero-order valence-corrected chi connectivity index (χ0v) is 22.2. The Kier molecular flexibility index (Phi) is 5.72. The van der Waals surface area contributed by atoms with E-state index >= 15 is 0 Å². The molecule has 3 atom stereocenters. The maximum Gasteiger partial charge on any atom is 0.290 e. The number of para-hydroxylation sites is 2. The lowest BCUT2D eigenvalue weighted by Gasteiger charge is -2.39. The van der Waals surface area contributed by atoms with Crippen LogP contribution in [0.3, 0.4) is 0 Å². The van der Waals surface area contributed by atoms with E-state index in [9.17, 15) is 14.4 Å². The number of carbonyl (C=O) groups is 3. The molecule has 2 aliphatic heterocycles. The molecule has 2 aliphatic rings. The monoisotopic (exact) mass is 532 g/mol. The van der Waals surface area contributed by atoms with Gasteiger partial charge in [0.2, 0.25) is 5.91 Å². The number of H-pyrrole nitrogens is 2. The average Bonchev–Trinajstić information content (AvgIpc) is 3.66. The highest BCUT2D eigenvalue weighted by Gasteiger charge is 2.50. The molecule has 0 unspecified atom stereocenters. The number of imidazole rings is 1. The van der Waals surface area contributed by atoms with Crippen molar-refractivity contribution in [1.82, 2.24) is 30.1 Å². The van der Waals surface area contributed by atoms with E-state index in [1.807, 2.05) is 60.9 Å². The van der Waals surface area contributed by atoms with Gasteiger partial charge in [0.15, 0.2) is 5.82 Å². The normalized spacial score (nSPS) is 19.9. The molecular weight excluding hydrogens is 504 g/mol. The Hall–Kier alpha value is -3.85. The number of benzene rings is 2. The third-order valence-corrected chi connectivity index (χ3v) is 7.83. The molecule has 2 saturated heterocycles. The second-order valence-electron chi connectivity index (χ2n) is 11.3. The predicted octanol–water partition coefficient (Wildman–Crippen LogP) is 3.97. The van der Waals surface area contributed by atoms with Crippen molar-refractivity contribution < 1.29 is 14.4 Å². The standard InChI is InChI=1S/C28H29ClN6O3/c1-28(2,3)23(33-25(36)22-11-15-10-16(29)8-9-19(15)30-22)26(37)34-13-18-12-17(34)14-35(18)27(38)24-31-20-6-4-5-7-21(20)32-24/h4-11,17-18,23,30H,12-14H2,1-3H3,(H,31,32)(H,33,36)/t17-,18-,23+/m0/s1. The molecule has 3 amide bonds. The Morgan fingerprint density at radius 1 is 1.00 bits per heavy atom. The van der Waals surface area contributed by atoms with Crippen molar-refractivity contribution in [2.75, 3.05) is 13.1 Å². The van der Waals surface area contributed by atoms with E-state index in [2.05, 4.69) is 20.3 Å². The molecule has 2 aromatic carbocycles. The maximum atomic E-state index is 13.8. The number of aromatic amines is 2. The second-order valence-corrected chi connectivity index (χ2v) is 11.7. The smallest absolute Gasteiger partial charge is 0.290 e. The van der Waals surface area contributed by atoms with Crippen molar-refractivity contribution in [2.24, 2.45) is 5.41 Å². The molecule has 9 nitrogen and oxygen atoms in total. The molecule has 2 fully saturated rings. The molecule has 0 saturated carbocycles. The van der Waals surface area contributed by atoms with Gasteiger partial charge in [0.1, 0.15) is 11.7 Å². The fourth-order valence-corrected chi connectivity index (χ4v) is 5.81. The molecule has 3 N–H and O–H groups in total. The van der Waals surface area contributed by atoms with E-state index in [0.717, 1.165) is 21.9 Å². The fraction of sp³-hybridized carbons (Fsp3) is 0.357. The third kappa shape index (κ3) is 4.20. The number of likely N-dealkylation sites (tertiary alicyclic amines) is 2. The van der Waals surface area contributed by atoms with Gasteiger partial charge < -0.3 is 25.1 Å². The summed E-state index contributed by atoms with van der Waals surface area (Å²) in [6, 6.07) is 13.7. The van der Waals surface area contributed by atoms with Crippen LogP contribution in [0.2, 0.25) is 5.02 Å². The number of amides is 3. The maximum absolute atomic E-state index is 13.8. The Morgan fingerprint density at radius 3 is 2.45 bits per heavy atom. The van der Waals surface area contributed by atoms with Crippen molar-refractivity contribution in [3.8, 4) is 0 Å². The number of hydrogen-bond acceptors (Lipinski definition) is 4. The molecule has 4 aromatic rings. The van der Waals surface area contributed by atoms with Crippen molar-refractivity contribution in [3.05, 3.63) is 65.1 Å². The van der Waals surface area contributed by atoms with Crippen LogP contribution in [0, 0.1) is 5.41 Å². The largest absolute Gasteiger partial charge is 0.351 e. The predicted molar refractivity (Wildman–Crippen MR) is 145 cm³/mol. The van der Waals surface area contributed by atoms with Gasteiger partial charge in [-0.05, 0) is 48.2 Å². The lowest BCUT2D eigenvalue weighted by molar-refractivity contribution is -0.138. The highest BCUT2D eigenvalue weighted by Crippen LogP contribution is 2.34. The number of piperazine rings is 1. The van der Waals surface area contributed by atoms with E-state index in [-0.39, 0.29) is 29.8 Å². The van der Waals surface area contributed by atoms with Gasteiger partial charge in [-0.3, -0.25) is 14.4 Å². The number of nitrogens with zero attached hydrogens (tertiary/aromatic N) is 3. The molecule has 0 spiro atoms. The summed E-state index contributed by atoms with van der Waals surface area (Å²) < 4.78 is 0. The van der Waals surface area contributed by atoms with Crippen LogP contribution < -0.4 is 5.32 Å². The zero-order valence-electron chi connectivity index (χ0n) is 21.4.